The number of carbonyl (C=O) groups is 2. The normalized spacial score (nSPS) is 24.2. The summed E-state index contributed by atoms with van der Waals surface area (Å²) in [6.45, 7) is 3.11. The molecule has 1 unspecified atom stereocenters. The fourth-order valence-corrected chi connectivity index (χ4v) is 1.21. The van der Waals surface area contributed by atoms with Crippen molar-refractivity contribution < 1.29 is 9.59 Å². The van der Waals surface area contributed by atoms with Gasteiger partial charge in [-0.15, -0.1) is 0 Å². The SMILES string of the molecule is CCN1CC(C(N)=O)NCC1=O. The van der Waals surface area contributed by atoms with Gasteiger partial charge < -0.3 is 10.6 Å². The Hall–Kier alpha value is -1.10. The molecule has 0 aromatic carbocycles. The van der Waals surface area contributed by atoms with Crippen LogP contribution < -0.4 is 11.1 Å². The minimum Gasteiger partial charge on any atom is -0.368 e. The summed E-state index contributed by atoms with van der Waals surface area (Å²) in [5.74, 6) is -0.379. The molecule has 68 valence electrons. The second-order valence-electron chi connectivity index (χ2n) is 2.77. The van der Waals surface area contributed by atoms with Crippen LogP contribution in [-0.4, -0.2) is 42.4 Å². The highest BCUT2D eigenvalue weighted by Gasteiger charge is 2.26. The summed E-state index contributed by atoms with van der Waals surface area (Å²) in [5.41, 5.74) is 5.09. The van der Waals surface area contributed by atoms with Crippen LogP contribution >= 0.6 is 0 Å². The topological polar surface area (TPSA) is 75.4 Å². The molecule has 1 heterocycles. The molecule has 1 aliphatic rings. The van der Waals surface area contributed by atoms with Gasteiger partial charge in [0.1, 0.15) is 6.04 Å². The van der Waals surface area contributed by atoms with E-state index in [1.807, 2.05) is 6.92 Å². The van der Waals surface area contributed by atoms with E-state index < -0.39 is 5.91 Å². The zero-order valence-corrected chi connectivity index (χ0v) is 7.04. The molecule has 0 spiro atoms. The quantitative estimate of drug-likeness (QED) is 0.519. The molecule has 3 N–H and O–H groups in total. The Labute approximate surface area is 70.9 Å². The minimum absolute atomic E-state index is 0.0231. The molecule has 1 saturated heterocycles. The molecule has 1 atom stereocenters. The van der Waals surface area contributed by atoms with Crippen molar-refractivity contribution in [2.24, 2.45) is 5.73 Å². The number of hydrogen-bond donors (Lipinski definition) is 2. The zero-order chi connectivity index (χ0) is 9.14. The fraction of sp³-hybridized carbons (Fsp3) is 0.714. The predicted octanol–water partition coefficient (Wildman–Crippen LogP) is -1.71. The van der Waals surface area contributed by atoms with Crippen molar-refractivity contribution in [1.82, 2.24) is 10.2 Å². The van der Waals surface area contributed by atoms with E-state index in [1.54, 1.807) is 4.90 Å². The van der Waals surface area contributed by atoms with Crippen molar-refractivity contribution in [1.29, 1.82) is 0 Å². The summed E-state index contributed by atoms with van der Waals surface area (Å²) in [7, 11) is 0. The van der Waals surface area contributed by atoms with Gasteiger partial charge in [0.15, 0.2) is 0 Å². The van der Waals surface area contributed by atoms with Gasteiger partial charge in [-0.05, 0) is 6.92 Å². The van der Waals surface area contributed by atoms with E-state index >= 15 is 0 Å². The molecule has 0 bridgehead atoms. The van der Waals surface area contributed by atoms with E-state index in [2.05, 4.69) is 5.32 Å². The predicted molar refractivity (Wildman–Crippen MR) is 43.2 cm³/mol. The van der Waals surface area contributed by atoms with Gasteiger partial charge in [0.25, 0.3) is 0 Å². The van der Waals surface area contributed by atoms with E-state index in [9.17, 15) is 9.59 Å². The minimum atomic E-state index is -0.402. The summed E-state index contributed by atoms with van der Waals surface area (Å²) in [6.07, 6.45) is 0. The molecule has 1 aliphatic heterocycles. The Bertz CT molecular complexity index is 205. The number of nitrogens with one attached hydrogen (secondary N) is 1. The Morgan fingerprint density at radius 2 is 2.50 bits per heavy atom. The average Bonchev–Trinajstić information content (AvgIpc) is 2.05. The van der Waals surface area contributed by atoms with Crippen LogP contribution in [-0.2, 0) is 9.59 Å². The molecule has 1 fully saturated rings. The summed E-state index contributed by atoms with van der Waals surface area (Å²) in [4.78, 5) is 23.5. The largest absolute Gasteiger partial charge is 0.368 e. The van der Waals surface area contributed by atoms with Crippen LogP contribution in [0.3, 0.4) is 0 Å². The Morgan fingerprint density at radius 1 is 1.83 bits per heavy atom. The van der Waals surface area contributed by atoms with Crippen molar-refractivity contribution >= 4 is 11.8 Å². The molecule has 0 aromatic rings. The van der Waals surface area contributed by atoms with Crippen LogP contribution in [0.5, 0.6) is 0 Å². The first kappa shape index (κ1) is 8.99. The Balaban J connectivity index is 2.55. The molecule has 5 heteroatoms. The molecule has 5 nitrogen and oxygen atoms in total. The van der Waals surface area contributed by atoms with Crippen molar-refractivity contribution in [3.05, 3.63) is 0 Å². The van der Waals surface area contributed by atoms with Gasteiger partial charge in [-0.25, -0.2) is 0 Å². The Kier molecular flexibility index (Phi) is 2.65. The number of hydrogen-bond acceptors (Lipinski definition) is 3. The van der Waals surface area contributed by atoms with Crippen molar-refractivity contribution in [3.63, 3.8) is 0 Å². The lowest BCUT2D eigenvalue weighted by atomic mass is 10.2. The van der Waals surface area contributed by atoms with Crippen molar-refractivity contribution in [3.8, 4) is 0 Å². The number of rotatable bonds is 2. The highest BCUT2D eigenvalue weighted by Crippen LogP contribution is 1.98. The number of piperazine rings is 1. The number of nitrogens with two attached hydrogens (primary N) is 1. The van der Waals surface area contributed by atoms with Crippen LogP contribution in [0.2, 0.25) is 0 Å². The van der Waals surface area contributed by atoms with Gasteiger partial charge >= 0.3 is 0 Å². The van der Waals surface area contributed by atoms with Gasteiger partial charge in [0, 0.05) is 13.1 Å². The highest BCUT2D eigenvalue weighted by molar-refractivity contribution is 5.85. The lowest BCUT2D eigenvalue weighted by Crippen LogP contribution is -2.58. The van der Waals surface area contributed by atoms with Gasteiger partial charge in [-0.2, -0.15) is 0 Å². The first-order chi connectivity index (χ1) is 5.65. The van der Waals surface area contributed by atoms with Crippen LogP contribution in [0.1, 0.15) is 6.92 Å². The third kappa shape index (κ3) is 1.73. The first-order valence-corrected chi connectivity index (χ1v) is 3.95. The second-order valence-corrected chi connectivity index (χ2v) is 2.77. The van der Waals surface area contributed by atoms with Crippen LogP contribution in [0.15, 0.2) is 0 Å². The maximum absolute atomic E-state index is 11.1. The molecule has 1 rings (SSSR count). The summed E-state index contributed by atoms with van der Waals surface area (Å²) in [5, 5.41) is 2.77. The molecule has 0 aromatic heterocycles. The Morgan fingerprint density at radius 3 is 3.00 bits per heavy atom. The number of amides is 2. The second kappa shape index (κ2) is 3.53. The van der Waals surface area contributed by atoms with E-state index in [4.69, 9.17) is 5.73 Å². The smallest absolute Gasteiger partial charge is 0.236 e. The van der Waals surface area contributed by atoms with Gasteiger partial charge in [0.2, 0.25) is 11.8 Å². The molecule has 2 amide bonds. The zero-order valence-electron chi connectivity index (χ0n) is 7.04. The highest BCUT2D eigenvalue weighted by atomic mass is 16.2. The van der Waals surface area contributed by atoms with Crippen LogP contribution in [0.4, 0.5) is 0 Å². The molecular weight excluding hydrogens is 158 g/mol. The van der Waals surface area contributed by atoms with Crippen molar-refractivity contribution in [2.75, 3.05) is 19.6 Å². The lowest BCUT2D eigenvalue weighted by molar-refractivity contribution is -0.134. The molecule has 12 heavy (non-hydrogen) atoms. The maximum atomic E-state index is 11.1. The lowest BCUT2D eigenvalue weighted by Gasteiger charge is -2.30. The van der Waals surface area contributed by atoms with Gasteiger partial charge in [0.05, 0.1) is 6.54 Å². The van der Waals surface area contributed by atoms with E-state index in [-0.39, 0.29) is 18.5 Å². The standard InChI is InChI=1S/C7H13N3O2/c1-2-10-4-5(7(8)12)9-3-6(10)11/h5,9H,2-4H2,1H3,(H2,8,12). The number of likely N-dealkylation sites (N-methyl/N-ethyl adjacent to an activating group) is 1. The fourth-order valence-electron chi connectivity index (χ4n) is 1.21. The number of primary amides is 1. The van der Waals surface area contributed by atoms with Crippen molar-refractivity contribution in [2.45, 2.75) is 13.0 Å². The summed E-state index contributed by atoms with van der Waals surface area (Å²) < 4.78 is 0. The third-order valence-corrected chi connectivity index (χ3v) is 1.98. The average molecular weight is 171 g/mol. The van der Waals surface area contributed by atoms with Crippen LogP contribution in [0, 0.1) is 0 Å². The van der Waals surface area contributed by atoms with E-state index in [0.29, 0.717) is 13.1 Å². The summed E-state index contributed by atoms with van der Waals surface area (Å²) in [6, 6.07) is -0.386. The van der Waals surface area contributed by atoms with E-state index in [1.165, 1.54) is 0 Å². The third-order valence-electron chi connectivity index (χ3n) is 1.98. The van der Waals surface area contributed by atoms with Crippen LogP contribution in [0.25, 0.3) is 0 Å². The summed E-state index contributed by atoms with van der Waals surface area (Å²) >= 11 is 0. The molecule has 0 aliphatic carbocycles. The number of carbonyl (C=O) groups excluding carboxylic acids is 2. The van der Waals surface area contributed by atoms with E-state index in [0.717, 1.165) is 0 Å². The van der Waals surface area contributed by atoms with Gasteiger partial charge in [-0.3, -0.25) is 14.9 Å². The molecule has 0 radical (unpaired) electrons. The van der Waals surface area contributed by atoms with Gasteiger partial charge in [-0.1, -0.05) is 0 Å². The molecular formula is C7H13N3O2. The number of nitrogens with zero attached hydrogens (tertiary/aromatic N) is 1. The first-order valence-electron chi connectivity index (χ1n) is 3.95. The monoisotopic (exact) mass is 171 g/mol. The molecule has 0 saturated carbocycles. The maximum Gasteiger partial charge on any atom is 0.236 e.